The molecule has 2 N–H and O–H groups in total. The third-order valence-corrected chi connectivity index (χ3v) is 5.44. The molecule has 12 nitrogen and oxygen atoms in total. The summed E-state index contributed by atoms with van der Waals surface area (Å²) in [5.74, 6) is -3.01. The van der Waals surface area contributed by atoms with Gasteiger partial charge in [-0.15, -0.1) is 0 Å². The van der Waals surface area contributed by atoms with Crippen molar-refractivity contribution in [3.63, 3.8) is 0 Å². The first-order valence-corrected chi connectivity index (χ1v) is 11.9. The average molecular weight is 506 g/mol. The number of nitrogens with one attached hydrogen (secondary N) is 2. The van der Waals surface area contributed by atoms with Crippen molar-refractivity contribution in [1.29, 1.82) is 0 Å². The van der Waals surface area contributed by atoms with Gasteiger partial charge in [0.2, 0.25) is 17.7 Å². The van der Waals surface area contributed by atoms with Crippen LogP contribution in [0.25, 0.3) is 0 Å². The van der Waals surface area contributed by atoms with Crippen LogP contribution in [0.4, 0.5) is 5.69 Å². The lowest BCUT2D eigenvalue weighted by Crippen LogP contribution is -2.54. The Balaban J connectivity index is 1.41. The molecule has 1 fully saturated rings. The fraction of sp³-hybridized carbons (Fsp3) is 0.542. The van der Waals surface area contributed by atoms with Crippen molar-refractivity contribution < 1.29 is 42.9 Å². The molecule has 1 aromatic carbocycles. The van der Waals surface area contributed by atoms with Crippen LogP contribution < -0.4 is 10.6 Å². The van der Waals surface area contributed by atoms with Gasteiger partial charge in [-0.1, -0.05) is 13.0 Å². The zero-order valence-electron chi connectivity index (χ0n) is 20.2. The van der Waals surface area contributed by atoms with Crippen molar-refractivity contribution >= 4 is 35.2 Å². The Hall–Kier alpha value is -3.19. The number of nitrogens with zero attached hydrogens (tertiary/aromatic N) is 1. The predicted octanol–water partition coefficient (Wildman–Crippen LogP) is 0.503. The maximum Gasteiger partial charge on any atom is 0.264 e. The molecule has 0 saturated carbocycles. The highest BCUT2D eigenvalue weighted by molar-refractivity contribution is 6.26. The molecule has 0 aromatic heterocycles. The Morgan fingerprint density at radius 1 is 0.944 bits per heavy atom. The number of rotatable bonds is 15. The van der Waals surface area contributed by atoms with E-state index < -0.39 is 35.6 Å². The van der Waals surface area contributed by atoms with E-state index in [2.05, 4.69) is 10.6 Å². The third-order valence-electron chi connectivity index (χ3n) is 5.44. The van der Waals surface area contributed by atoms with Crippen LogP contribution in [0.2, 0.25) is 0 Å². The first-order chi connectivity index (χ1) is 17.4. The van der Waals surface area contributed by atoms with Gasteiger partial charge < -0.3 is 24.3 Å². The van der Waals surface area contributed by atoms with Crippen LogP contribution in [0.3, 0.4) is 0 Å². The van der Waals surface area contributed by atoms with Gasteiger partial charge in [0.15, 0.2) is 0 Å². The van der Waals surface area contributed by atoms with Gasteiger partial charge in [-0.25, -0.2) is 0 Å². The molecule has 1 unspecified atom stereocenters. The maximum absolute atomic E-state index is 13.0. The van der Waals surface area contributed by atoms with Crippen LogP contribution in [0.15, 0.2) is 18.2 Å². The normalized spacial score (nSPS) is 17.4. The summed E-state index contributed by atoms with van der Waals surface area (Å²) < 4.78 is 21.3. The van der Waals surface area contributed by atoms with Crippen LogP contribution in [0.1, 0.15) is 46.9 Å². The molecule has 196 valence electrons. The molecule has 0 spiro atoms. The van der Waals surface area contributed by atoms with E-state index in [9.17, 15) is 24.0 Å². The Bertz CT molecular complexity index is 982. The molecule has 1 atom stereocenters. The zero-order chi connectivity index (χ0) is 25.9. The average Bonchev–Trinajstić information content (AvgIpc) is 3.10. The number of hydrogen-bond acceptors (Lipinski definition) is 9. The van der Waals surface area contributed by atoms with E-state index in [0.29, 0.717) is 33.0 Å². The van der Waals surface area contributed by atoms with E-state index in [0.717, 1.165) is 11.3 Å². The summed E-state index contributed by atoms with van der Waals surface area (Å²) in [6.45, 7) is 4.79. The van der Waals surface area contributed by atoms with Gasteiger partial charge in [-0.05, 0) is 25.0 Å². The lowest BCUT2D eigenvalue weighted by molar-refractivity contribution is -0.136. The lowest BCUT2D eigenvalue weighted by Gasteiger charge is -2.27. The highest BCUT2D eigenvalue weighted by atomic mass is 16.6. The Morgan fingerprint density at radius 2 is 1.58 bits per heavy atom. The molecule has 2 aliphatic rings. The van der Waals surface area contributed by atoms with Crippen LogP contribution in [-0.4, -0.2) is 93.3 Å². The van der Waals surface area contributed by atoms with Gasteiger partial charge in [0, 0.05) is 13.0 Å². The smallest absolute Gasteiger partial charge is 0.264 e. The molecule has 0 bridgehead atoms. The zero-order valence-corrected chi connectivity index (χ0v) is 20.2. The van der Waals surface area contributed by atoms with Gasteiger partial charge in [0.25, 0.3) is 11.8 Å². The Morgan fingerprint density at radius 3 is 2.22 bits per heavy atom. The van der Waals surface area contributed by atoms with Gasteiger partial charge in [0.1, 0.15) is 12.6 Å². The number of hydrogen-bond donors (Lipinski definition) is 2. The molecule has 2 heterocycles. The molecule has 1 saturated heterocycles. The van der Waals surface area contributed by atoms with Crippen LogP contribution >= 0.6 is 0 Å². The summed E-state index contributed by atoms with van der Waals surface area (Å²) >= 11 is 0. The first kappa shape index (κ1) is 27.4. The first-order valence-electron chi connectivity index (χ1n) is 11.9. The summed E-state index contributed by atoms with van der Waals surface area (Å²) in [5, 5.41) is 4.73. The van der Waals surface area contributed by atoms with Gasteiger partial charge in [0.05, 0.1) is 56.5 Å². The van der Waals surface area contributed by atoms with Crippen LogP contribution in [0, 0.1) is 0 Å². The number of benzene rings is 1. The predicted molar refractivity (Wildman–Crippen MR) is 125 cm³/mol. The van der Waals surface area contributed by atoms with Crippen LogP contribution in [0.5, 0.6) is 0 Å². The van der Waals surface area contributed by atoms with Gasteiger partial charge in [-0.2, -0.15) is 0 Å². The number of anilines is 1. The second-order valence-corrected chi connectivity index (χ2v) is 8.11. The van der Waals surface area contributed by atoms with E-state index in [1.165, 1.54) is 18.2 Å². The molecule has 2 aliphatic heterocycles. The van der Waals surface area contributed by atoms with Gasteiger partial charge >= 0.3 is 0 Å². The second-order valence-electron chi connectivity index (χ2n) is 8.11. The topological polar surface area (TPSA) is 150 Å². The largest absolute Gasteiger partial charge is 0.379 e. The highest BCUT2D eigenvalue weighted by Gasteiger charge is 2.45. The number of carbonyl (C=O) groups is 5. The standard InChI is InChI=1S/C24H31N3O9/c1-2-8-33-9-10-34-11-12-35-13-14-36-15-20(29)25-17-5-3-4-16-21(17)24(32)27(23(16)31)18-6-7-19(28)26-22(18)30/h3-5,18H,2,6-15H2,1H3,(H,25,29)(H,26,28,30). The number of ether oxygens (including phenoxy) is 4. The molecule has 1 aromatic rings. The van der Waals surface area contributed by atoms with E-state index in [1.54, 1.807) is 0 Å². The number of carbonyl (C=O) groups excluding carboxylic acids is 5. The van der Waals surface area contributed by atoms with Crippen molar-refractivity contribution in [2.75, 3.05) is 58.2 Å². The quantitative estimate of drug-likeness (QED) is 0.257. The lowest BCUT2D eigenvalue weighted by atomic mass is 10.0. The van der Waals surface area contributed by atoms with E-state index in [-0.39, 0.29) is 49.5 Å². The van der Waals surface area contributed by atoms with Crippen molar-refractivity contribution in [1.82, 2.24) is 10.2 Å². The molecule has 36 heavy (non-hydrogen) atoms. The maximum atomic E-state index is 13.0. The fourth-order valence-corrected chi connectivity index (χ4v) is 3.77. The fourth-order valence-electron chi connectivity index (χ4n) is 3.77. The Kier molecular flexibility index (Phi) is 10.5. The van der Waals surface area contributed by atoms with Crippen molar-refractivity contribution in [3.05, 3.63) is 29.3 Å². The Labute approximate surface area is 208 Å². The molecule has 12 heteroatoms. The SMILES string of the molecule is CCCOCCOCCOCCOCC(=O)Nc1cccc2c1C(=O)N(C1CCC(=O)NC1=O)C2=O. The summed E-state index contributed by atoms with van der Waals surface area (Å²) in [5.41, 5.74) is 0.227. The molecular weight excluding hydrogens is 474 g/mol. The third kappa shape index (κ3) is 7.17. The van der Waals surface area contributed by atoms with Crippen molar-refractivity contribution in [2.45, 2.75) is 32.2 Å². The summed E-state index contributed by atoms with van der Waals surface area (Å²) in [4.78, 5) is 62.7. The minimum absolute atomic E-state index is 0.00368. The number of imide groups is 2. The summed E-state index contributed by atoms with van der Waals surface area (Å²) in [7, 11) is 0. The van der Waals surface area contributed by atoms with E-state index >= 15 is 0 Å². The monoisotopic (exact) mass is 505 g/mol. The summed E-state index contributed by atoms with van der Waals surface area (Å²) in [6, 6.07) is 3.39. The minimum atomic E-state index is -1.08. The van der Waals surface area contributed by atoms with Crippen LogP contribution in [-0.2, 0) is 33.3 Å². The van der Waals surface area contributed by atoms with E-state index in [1.807, 2.05) is 6.92 Å². The highest BCUT2D eigenvalue weighted by Crippen LogP contribution is 2.32. The molecule has 0 aliphatic carbocycles. The number of piperidine rings is 1. The number of amides is 5. The van der Waals surface area contributed by atoms with Crippen molar-refractivity contribution in [3.8, 4) is 0 Å². The molecular formula is C24H31N3O9. The van der Waals surface area contributed by atoms with Gasteiger partial charge in [-0.3, -0.25) is 34.2 Å². The molecule has 5 amide bonds. The molecule has 0 radical (unpaired) electrons. The summed E-state index contributed by atoms with van der Waals surface area (Å²) in [6.07, 6.45) is 1.04. The van der Waals surface area contributed by atoms with E-state index in [4.69, 9.17) is 18.9 Å². The molecule has 3 rings (SSSR count). The number of fused-ring (bicyclic) bond motifs is 1. The second kappa shape index (κ2) is 13.8. The minimum Gasteiger partial charge on any atom is -0.379 e. The van der Waals surface area contributed by atoms with Crippen molar-refractivity contribution in [2.24, 2.45) is 0 Å².